The molecule has 0 bridgehead atoms. The number of rotatable bonds is 9. The van der Waals surface area contributed by atoms with Crippen LogP contribution in [0.5, 0.6) is 0 Å². The van der Waals surface area contributed by atoms with Gasteiger partial charge in [-0.25, -0.2) is 26.4 Å². The van der Waals surface area contributed by atoms with Crippen LogP contribution in [0.4, 0.5) is 26.3 Å². The Labute approximate surface area is 180 Å². The Morgan fingerprint density at radius 3 is 1.97 bits per heavy atom. The molecule has 0 unspecified atom stereocenters. The topological polar surface area (TPSA) is 117 Å². The minimum atomic E-state index is -6.33. The number of nitrogens with one attached hydrogen (secondary N) is 2. The van der Waals surface area contributed by atoms with Gasteiger partial charge in [0.05, 0.1) is 12.9 Å². The molecule has 0 saturated carbocycles. The minimum Gasteiger partial charge on any atom is -0.334 e. The van der Waals surface area contributed by atoms with E-state index in [1.807, 2.05) is 12.5 Å². The molecule has 0 saturated heterocycles. The minimum absolute atomic E-state index is 0.0945. The zero-order valence-corrected chi connectivity index (χ0v) is 18.5. The average molecular weight is 514 g/mol. The van der Waals surface area contributed by atoms with Gasteiger partial charge in [-0.2, -0.15) is 26.3 Å². The smallest absolute Gasteiger partial charge is 0.334 e. The van der Waals surface area contributed by atoms with Gasteiger partial charge >= 0.3 is 11.0 Å². The van der Waals surface area contributed by atoms with Crippen LogP contribution >= 0.6 is 0 Å². The first kappa shape index (κ1) is 27.9. The van der Waals surface area contributed by atoms with E-state index in [0.29, 0.717) is 0 Å². The number of hydrogen-bond acceptors (Lipinski definition) is 5. The zero-order chi connectivity index (χ0) is 24.6. The van der Waals surface area contributed by atoms with Gasteiger partial charge in [0.1, 0.15) is 12.4 Å². The van der Waals surface area contributed by atoms with Crippen molar-refractivity contribution in [1.29, 1.82) is 0 Å². The van der Waals surface area contributed by atoms with Crippen LogP contribution < -0.4 is 4.57 Å². The predicted molar refractivity (Wildman–Crippen MR) is 99.4 cm³/mol. The molecule has 0 aliphatic heterocycles. The van der Waals surface area contributed by atoms with Gasteiger partial charge in [-0.05, 0) is 12.8 Å². The van der Waals surface area contributed by atoms with Crippen LogP contribution in [-0.2, 0) is 26.2 Å². The molecule has 0 aliphatic rings. The number of halogens is 6. The number of aryl methyl sites for hydroxylation is 1. The lowest BCUT2D eigenvalue weighted by Crippen LogP contribution is -2.30. The molecular weight excluding hydrogens is 490 g/mol. The summed E-state index contributed by atoms with van der Waals surface area (Å²) in [6, 6.07) is 0. The summed E-state index contributed by atoms with van der Waals surface area (Å²) in [5.74, 6) is 0. The van der Waals surface area contributed by atoms with Gasteiger partial charge in [-0.1, -0.05) is 32.6 Å². The van der Waals surface area contributed by atoms with Crippen molar-refractivity contribution >= 4 is 19.7 Å². The lowest BCUT2D eigenvalue weighted by atomic mass is 10.1. The molecule has 2 heterocycles. The second kappa shape index (κ2) is 11.2. The number of nitrogens with zero attached hydrogens (tertiary/aromatic N) is 2. The number of unbranched alkanes of at least 4 members (excludes halogenated alkanes) is 5. The molecule has 2 rings (SSSR count). The van der Waals surface area contributed by atoms with Gasteiger partial charge in [-0.15, -0.1) is 0 Å². The number of sulfone groups is 2. The summed E-state index contributed by atoms with van der Waals surface area (Å²) in [6.07, 6.45) is 14.4. The Morgan fingerprint density at radius 1 is 0.906 bits per heavy atom. The van der Waals surface area contributed by atoms with Crippen molar-refractivity contribution in [2.24, 2.45) is 0 Å². The number of imidazole rings is 2. The molecule has 0 aliphatic carbocycles. The largest absolute Gasteiger partial charge is 0.503 e. The highest BCUT2D eigenvalue weighted by atomic mass is 32.2. The van der Waals surface area contributed by atoms with E-state index in [0.717, 1.165) is 6.54 Å². The van der Waals surface area contributed by atoms with Crippen LogP contribution in [0, 0.1) is 0 Å². The molecule has 16 heteroatoms. The predicted octanol–water partition coefficient (Wildman–Crippen LogP) is 3.66. The third kappa shape index (κ3) is 7.21. The monoisotopic (exact) mass is 513 g/mol. The van der Waals surface area contributed by atoms with Crippen molar-refractivity contribution in [2.45, 2.75) is 73.1 Å². The van der Waals surface area contributed by atoms with Crippen LogP contribution in [0.15, 0.2) is 35.1 Å². The Balaban J connectivity index is 0.000000343. The summed E-state index contributed by atoms with van der Waals surface area (Å²) in [6.45, 7) is 3.42. The van der Waals surface area contributed by atoms with Crippen LogP contribution in [0.2, 0.25) is 0 Å². The molecule has 2 N–H and O–H groups in total. The highest BCUT2D eigenvalue weighted by Gasteiger charge is 2.55. The molecule has 0 fully saturated rings. The van der Waals surface area contributed by atoms with Gasteiger partial charge in [0.2, 0.25) is 11.4 Å². The van der Waals surface area contributed by atoms with Crippen LogP contribution in [0.1, 0.15) is 45.4 Å². The summed E-state index contributed by atoms with van der Waals surface area (Å²) < 4.78 is 119. The summed E-state index contributed by atoms with van der Waals surface area (Å²) in [4.78, 5) is 6.78. The molecule has 0 radical (unpaired) electrons. The SMILES string of the molecule is CCCCCCCC[n+]1cc[nH]c1.O=S(=O)(c1nc[nH]c1S(=O)(=O)C(F)(F)F)C(F)(F)F. The van der Waals surface area contributed by atoms with Gasteiger partial charge in [0, 0.05) is 0 Å². The molecule has 0 spiro atoms. The van der Waals surface area contributed by atoms with Gasteiger partial charge < -0.3 is 4.98 Å². The molecule has 32 heavy (non-hydrogen) atoms. The number of hydrogen-bond donors (Lipinski definition) is 2. The van der Waals surface area contributed by atoms with Crippen molar-refractivity contribution in [3.05, 3.63) is 25.0 Å². The Kier molecular flexibility index (Phi) is 9.74. The van der Waals surface area contributed by atoms with Crippen LogP contribution in [0.25, 0.3) is 0 Å². The van der Waals surface area contributed by atoms with E-state index in [-0.39, 0.29) is 6.33 Å². The van der Waals surface area contributed by atoms with E-state index >= 15 is 0 Å². The number of alkyl halides is 6. The quantitative estimate of drug-likeness (QED) is 0.302. The van der Waals surface area contributed by atoms with Crippen LogP contribution in [-0.4, -0.2) is 42.8 Å². The van der Waals surface area contributed by atoms with Crippen molar-refractivity contribution in [3.63, 3.8) is 0 Å². The lowest BCUT2D eigenvalue weighted by Gasteiger charge is -2.09. The van der Waals surface area contributed by atoms with E-state index < -0.39 is 40.7 Å². The molecule has 0 aromatic carbocycles. The first-order valence-corrected chi connectivity index (χ1v) is 12.3. The fraction of sp³-hybridized carbons (Fsp3) is 0.625. The second-order valence-corrected chi connectivity index (χ2v) is 10.3. The normalized spacial score (nSPS) is 13.0. The average Bonchev–Trinajstić information content (AvgIpc) is 3.35. The second-order valence-electron chi connectivity index (χ2n) is 6.55. The number of H-pyrrole nitrogens is 2. The number of aromatic nitrogens is 4. The number of aromatic amines is 2. The molecular formula is C16H23F6N4O4S2+. The summed E-state index contributed by atoms with van der Waals surface area (Å²) in [5, 5.41) is -4.44. The molecule has 2 aromatic heterocycles. The van der Waals surface area contributed by atoms with Gasteiger partial charge in [0.15, 0.2) is 5.03 Å². The first-order valence-electron chi connectivity index (χ1n) is 9.34. The highest BCUT2D eigenvalue weighted by Crippen LogP contribution is 2.36. The standard InChI is InChI=1S/C11H20N2.C5H2F6N2O4S2/c1-2-3-4-5-6-7-9-13-10-8-12-11-13;6-4(7,8)18(14,15)2-3(13-1-12-2)19(16,17)5(9,10)11/h8,10-11H,2-7,9H2,1H3;1H,(H,12,13)/p+1. The maximum atomic E-state index is 12.1. The summed E-state index contributed by atoms with van der Waals surface area (Å²) in [7, 11) is -12.6. The molecule has 0 atom stereocenters. The van der Waals surface area contributed by atoms with Gasteiger partial charge in [-0.3, -0.25) is 4.98 Å². The van der Waals surface area contributed by atoms with E-state index in [1.165, 1.54) is 43.5 Å². The van der Waals surface area contributed by atoms with E-state index in [9.17, 15) is 43.2 Å². The Hall–Kier alpha value is -2.10. The summed E-state index contributed by atoms with van der Waals surface area (Å²) in [5.41, 5.74) is -12.0. The third-order valence-corrected chi connectivity index (χ3v) is 7.09. The van der Waals surface area contributed by atoms with E-state index in [2.05, 4.69) is 27.7 Å². The van der Waals surface area contributed by atoms with E-state index in [1.54, 1.807) is 0 Å². The van der Waals surface area contributed by atoms with E-state index in [4.69, 9.17) is 0 Å². The van der Waals surface area contributed by atoms with Crippen molar-refractivity contribution in [2.75, 3.05) is 0 Å². The van der Waals surface area contributed by atoms with Crippen LogP contribution in [0.3, 0.4) is 0 Å². The van der Waals surface area contributed by atoms with Gasteiger partial charge in [0.25, 0.3) is 19.7 Å². The Bertz CT molecular complexity index is 971. The fourth-order valence-electron chi connectivity index (χ4n) is 2.41. The maximum Gasteiger partial charge on any atom is 0.503 e. The first-order chi connectivity index (χ1) is 14.7. The molecule has 2 aromatic rings. The highest BCUT2D eigenvalue weighted by molar-refractivity contribution is 7.95. The Morgan fingerprint density at radius 2 is 1.47 bits per heavy atom. The molecule has 0 amide bonds. The zero-order valence-electron chi connectivity index (χ0n) is 16.9. The third-order valence-electron chi connectivity index (χ3n) is 4.08. The maximum absolute atomic E-state index is 12.1. The van der Waals surface area contributed by atoms with Crippen molar-refractivity contribution < 1.29 is 47.7 Å². The lowest BCUT2D eigenvalue weighted by molar-refractivity contribution is -0.696. The fourth-order valence-corrected chi connectivity index (χ4v) is 4.51. The van der Waals surface area contributed by atoms with Crippen molar-refractivity contribution in [1.82, 2.24) is 15.0 Å². The summed E-state index contributed by atoms with van der Waals surface area (Å²) >= 11 is 0. The molecule has 8 nitrogen and oxygen atoms in total. The van der Waals surface area contributed by atoms with Crippen molar-refractivity contribution in [3.8, 4) is 0 Å². The molecule has 184 valence electrons.